The average Bonchev–Trinajstić information content (AvgIpc) is 2.63. The predicted molar refractivity (Wildman–Crippen MR) is 102 cm³/mol. The standard InChI is InChI=1S/C21H15NO2S/c23-21-20(25-19-12-5-4-11-18(19)22-21)14-15-7-6-10-17(13-15)24-16-8-2-1-3-9-16/h1-14H,(H,22,23)/b20-14-. The van der Waals surface area contributed by atoms with Crippen LogP contribution in [0.3, 0.4) is 0 Å². The van der Waals surface area contributed by atoms with Crippen LogP contribution in [0.5, 0.6) is 11.5 Å². The highest BCUT2D eigenvalue weighted by Gasteiger charge is 2.20. The fourth-order valence-electron chi connectivity index (χ4n) is 2.55. The van der Waals surface area contributed by atoms with Gasteiger partial charge < -0.3 is 10.1 Å². The molecule has 1 heterocycles. The number of anilines is 1. The van der Waals surface area contributed by atoms with Gasteiger partial charge in [-0.15, -0.1) is 0 Å². The van der Waals surface area contributed by atoms with Crippen molar-refractivity contribution >= 4 is 29.4 Å². The zero-order valence-corrected chi connectivity index (χ0v) is 14.1. The van der Waals surface area contributed by atoms with Crippen LogP contribution in [-0.2, 0) is 4.79 Å². The molecule has 0 bridgehead atoms. The largest absolute Gasteiger partial charge is 0.457 e. The van der Waals surface area contributed by atoms with Gasteiger partial charge in [0.05, 0.1) is 10.6 Å². The van der Waals surface area contributed by atoms with Gasteiger partial charge in [-0.1, -0.05) is 54.2 Å². The minimum absolute atomic E-state index is 0.0851. The van der Waals surface area contributed by atoms with Crippen LogP contribution in [0.4, 0.5) is 5.69 Å². The normalized spacial score (nSPS) is 14.7. The lowest BCUT2D eigenvalue weighted by molar-refractivity contribution is -0.112. The smallest absolute Gasteiger partial charge is 0.262 e. The van der Waals surface area contributed by atoms with E-state index in [0.717, 1.165) is 27.6 Å². The van der Waals surface area contributed by atoms with Crippen molar-refractivity contribution in [2.24, 2.45) is 0 Å². The summed E-state index contributed by atoms with van der Waals surface area (Å²) >= 11 is 1.48. The van der Waals surface area contributed by atoms with Crippen molar-refractivity contribution < 1.29 is 9.53 Å². The zero-order valence-electron chi connectivity index (χ0n) is 13.3. The molecule has 3 aromatic rings. The average molecular weight is 345 g/mol. The van der Waals surface area contributed by atoms with Crippen LogP contribution in [0.25, 0.3) is 6.08 Å². The number of hydrogen-bond donors (Lipinski definition) is 1. The van der Waals surface area contributed by atoms with Gasteiger partial charge in [-0.2, -0.15) is 0 Å². The number of rotatable bonds is 3. The van der Waals surface area contributed by atoms with E-state index in [1.807, 2.05) is 84.9 Å². The summed E-state index contributed by atoms with van der Waals surface area (Å²) in [6.45, 7) is 0. The molecule has 0 spiro atoms. The van der Waals surface area contributed by atoms with Crippen molar-refractivity contribution in [1.29, 1.82) is 0 Å². The number of ether oxygens (including phenoxy) is 1. The Morgan fingerprint density at radius 1 is 0.840 bits per heavy atom. The van der Waals surface area contributed by atoms with Gasteiger partial charge in [-0.25, -0.2) is 0 Å². The van der Waals surface area contributed by atoms with Crippen molar-refractivity contribution in [3.63, 3.8) is 0 Å². The fraction of sp³-hybridized carbons (Fsp3) is 0. The van der Waals surface area contributed by atoms with E-state index in [1.54, 1.807) is 0 Å². The first-order valence-electron chi connectivity index (χ1n) is 7.91. The molecule has 1 aliphatic heterocycles. The van der Waals surface area contributed by atoms with Crippen molar-refractivity contribution in [1.82, 2.24) is 0 Å². The van der Waals surface area contributed by atoms with Gasteiger partial charge in [0.15, 0.2) is 0 Å². The lowest BCUT2D eigenvalue weighted by Gasteiger charge is -2.18. The first-order valence-corrected chi connectivity index (χ1v) is 8.72. The first-order chi connectivity index (χ1) is 12.3. The maximum Gasteiger partial charge on any atom is 0.262 e. The van der Waals surface area contributed by atoms with Crippen molar-refractivity contribution in [2.45, 2.75) is 4.90 Å². The van der Waals surface area contributed by atoms with Crippen LogP contribution in [0.1, 0.15) is 5.56 Å². The van der Waals surface area contributed by atoms with Gasteiger partial charge in [0.2, 0.25) is 0 Å². The summed E-state index contributed by atoms with van der Waals surface area (Å²) in [5.74, 6) is 1.44. The Kier molecular flexibility index (Phi) is 4.27. The minimum Gasteiger partial charge on any atom is -0.457 e. The number of hydrogen-bond acceptors (Lipinski definition) is 3. The summed E-state index contributed by atoms with van der Waals surface area (Å²) in [5.41, 5.74) is 1.78. The molecule has 4 rings (SSSR count). The molecule has 122 valence electrons. The van der Waals surface area contributed by atoms with E-state index >= 15 is 0 Å². The molecule has 3 aromatic carbocycles. The summed E-state index contributed by atoms with van der Waals surface area (Å²) < 4.78 is 5.85. The third kappa shape index (κ3) is 3.59. The van der Waals surface area contributed by atoms with Crippen molar-refractivity contribution in [3.8, 4) is 11.5 Å². The third-order valence-electron chi connectivity index (χ3n) is 3.71. The molecule has 0 aliphatic carbocycles. The highest BCUT2D eigenvalue weighted by atomic mass is 32.2. The molecule has 0 aromatic heterocycles. The molecule has 1 aliphatic rings. The summed E-state index contributed by atoms with van der Waals surface area (Å²) in [6, 6.07) is 25.1. The van der Waals surface area contributed by atoms with E-state index in [4.69, 9.17) is 4.74 Å². The second-order valence-corrected chi connectivity index (χ2v) is 6.63. The minimum atomic E-state index is -0.0851. The number of benzene rings is 3. The molecule has 0 saturated carbocycles. The Balaban J connectivity index is 1.59. The second kappa shape index (κ2) is 6.87. The molecule has 1 amide bonds. The number of fused-ring (bicyclic) bond motifs is 1. The lowest BCUT2D eigenvalue weighted by Crippen LogP contribution is -2.17. The number of nitrogens with one attached hydrogen (secondary N) is 1. The van der Waals surface area contributed by atoms with E-state index in [-0.39, 0.29) is 5.91 Å². The number of carbonyl (C=O) groups excluding carboxylic acids is 1. The van der Waals surface area contributed by atoms with Crippen LogP contribution >= 0.6 is 11.8 Å². The van der Waals surface area contributed by atoms with E-state index in [2.05, 4.69) is 5.32 Å². The summed E-state index contributed by atoms with van der Waals surface area (Å²) in [7, 11) is 0. The van der Waals surface area contributed by atoms with E-state index in [0.29, 0.717) is 4.91 Å². The van der Waals surface area contributed by atoms with Gasteiger partial charge >= 0.3 is 0 Å². The molecule has 0 radical (unpaired) electrons. The first kappa shape index (κ1) is 15.5. The van der Waals surface area contributed by atoms with Gasteiger partial charge in [0, 0.05) is 4.90 Å². The quantitative estimate of drug-likeness (QED) is 0.631. The zero-order chi connectivity index (χ0) is 17.1. The Morgan fingerprint density at radius 2 is 1.60 bits per heavy atom. The molecule has 3 nitrogen and oxygen atoms in total. The number of carbonyl (C=O) groups is 1. The maximum atomic E-state index is 12.3. The van der Waals surface area contributed by atoms with Gasteiger partial charge in [0.25, 0.3) is 5.91 Å². The van der Waals surface area contributed by atoms with Gasteiger partial charge in [-0.05, 0) is 48.0 Å². The molecular weight excluding hydrogens is 330 g/mol. The van der Waals surface area contributed by atoms with Crippen LogP contribution < -0.4 is 10.1 Å². The number of para-hydroxylation sites is 2. The molecule has 0 fully saturated rings. The highest BCUT2D eigenvalue weighted by molar-refractivity contribution is 8.04. The third-order valence-corrected chi connectivity index (χ3v) is 4.81. The highest BCUT2D eigenvalue weighted by Crippen LogP contribution is 2.38. The molecule has 0 atom stereocenters. The van der Waals surface area contributed by atoms with Crippen LogP contribution in [-0.4, -0.2) is 5.91 Å². The molecular formula is C21H15NO2S. The van der Waals surface area contributed by atoms with Gasteiger partial charge in [-0.3, -0.25) is 4.79 Å². The van der Waals surface area contributed by atoms with Crippen molar-refractivity contribution in [3.05, 3.63) is 89.3 Å². The monoisotopic (exact) mass is 345 g/mol. The Bertz CT molecular complexity index is 951. The molecule has 0 saturated heterocycles. The number of amides is 1. The van der Waals surface area contributed by atoms with Crippen LogP contribution in [0.2, 0.25) is 0 Å². The molecule has 0 unspecified atom stereocenters. The van der Waals surface area contributed by atoms with E-state index in [9.17, 15) is 4.79 Å². The van der Waals surface area contributed by atoms with E-state index < -0.39 is 0 Å². The number of thioether (sulfide) groups is 1. The van der Waals surface area contributed by atoms with E-state index in [1.165, 1.54) is 11.8 Å². The maximum absolute atomic E-state index is 12.3. The lowest BCUT2D eigenvalue weighted by atomic mass is 10.2. The van der Waals surface area contributed by atoms with Crippen LogP contribution in [0.15, 0.2) is 88.7 Å². The summed E-state index contributed by atoms with van der Waals surface area (Å²) in [6.07, 6.45) is 1.88. The molecule has 25 heavy (non-hydrogen) atoms. The predicted octanol–water partition coefficient (Wildman–Crippen LogP) is 5.56. The summed E-state index contributed by atoms with van der Waals surface area (Å²) in [4.78, 5) is 14.0. The SMILES string of the molecule is O=C1Nc2ccccc2S/C1=C\c1cccc(Oc2ccccc2)c1. The molecule has 1 N–H and O–H groups in total. The Hall–Kier alpha value is -2.98. The second-order valence-electron chi connectivity index (χ2n) is 5.55. The summed E-state index contributed by atoms with van der Waals surface area (Å²) in [5, 5.41) is 2.93. The Labute approximate surface area is 150 Å². The molecule has 4 heteroatoms. The van der Waals surface area contributed by atoms with Crippen molar-refractivity contribution in [2.75, 3.05) is 5.32 Å². The Morgan fingerprint density at radius 3 is 2.48 bits per heavy atom. The fourth-order valence-corrected chi connectivity index (χ4v) is 3.50. The van der Waals surface area contributed by atoms with Crippen LogP contribution in [0, 0.1) is 0 Å². The van der Waals surface area contributed by atoms with Gasteiger partial charge in [0.1, 0.15) is 11.5 Å². The topological polar surface area (TPSA) is 38.3 Å².